The molecule has 6 N–H and O–H groups in total. The number of β-lactam (4-membered cyclic amide) rings is 1. The van der Waals surface area contributed by atoms with Crippen LogP contribution in [0.3, 0.4) is 0 Å². The van der Waals surface area contributed by atoms with Gasteiger partial charge in [0.15, 0.2) is 6.10 Å². The number of aliphatic hydroxyl groups excluding tert-OH is 4. The van der Waals surface area contributed by atoms with Crippen LogP contribution in [0.1, 0.15) is 41.7 Å². The maximum atomic E-state index is 13.5. The zero-order chi connectivity index (χ0) is 33.0. The molecule has 11 nitrogen and oxygen atoms in total. The minimum Gasteiger partial charge on any atom is -0.467 e. The average Bonchev–Trinajstić information content (AvgIpc) is 3.07. The Balaban J connectivity index is 1.35. The summed E-state index contributed by atoms with van der Waals surface area (Å²) in [5.74, 6) is 4.03. The number of amides is 1. The van der Waals surface area contributed by atoms with Gasteiger partial charge in [0.1, 0.15) is 29.9 Å². The second-order valence-corrected chi connectivity index (χ2v) is 11.1. The first-order valence-corrected chi connectivity index (χ1v) is 14.7. The first-order chi connectivity index (χ1) is 22.1. The number of hydrogen-bond acceptors (Lipinski definition) is 10. The molecule has 1 amide bonds. The molecule has 2 aliphatic heterocycles. The highest BCUT2D eigenvalue weighted by molar-refractivity contribution is 6.03. The van der Waals surface area contributed by atoms with Crippen molar-refractivity contribution in [3.8, 4) is 17.6 Å². The Labute approximate surface area is 264 Å². The highest BCUT2D eigenvalue weighted by Gasteiger charge is 2.50. The average molecular weight is 635 g/mol. The number of esters is 1. The minimum absolute atomic E-state index is 0.127. The summed E-state index contributed by atoms with van der Waals surface area (Å²) in [6.07, 6.45) is -8.42. The van der Waals surface area contributed by atoms with Gasteiger partial charge >= 0.3 is 5.97 Å². The Morgan fingerprint density at radius 2 is 1.67 bits per heavy atom. The van der Waals surface area contributed by atoms with E-state index < -0.39 is 60.6 Å². The number of nitrogens with two attached hydrogens (primary N) is 1. The largest absolute Gasteiger partial charge is 0.467 e. The van der Waals surface area contributed by atoms with Crippen LogP contribution in [-0.4, -0.2) is 76.7 Å². The number of halogens is 1. The van der Waals surface area contributed by atoms with Crippen LogP contribution in [0.4, 0.5) is 10.1 Å². The van der Waals surface area contributed by atoms with Crippen LogP contribution in [0, 0.1) is 23.6 Å². The summed E-state index contributed by atoms with van der Waals surface area (Å²) >= 11 is 0. The maximum Gasteiger partial charge on any atom is 0.337 e. The van der Waals surface area contributed by atoms with Gasteiger partial charge in [-0.25, -0.2) is 9.18 Å². The summed E-state index contributed by atoms with van der Waals surface area (Å²) in [5, 5.41) is 41.5. The van der Waals surface area contributed by atoms with Crippen molar-refractivity contribution < 1.29 is 48.6 Å². The third-order valence-corrected chi connectivity index (χ3v) is 8.18. The number of carbonyl (C=O) groups excluding carboxylic acids is 2. The second kappa shape index (κ2) is 14.4. The lowest BCUT2D eigenvalue weighted by atomic mass is 9.78. The molecule has 2 fully saturated rings. The van der Waals surface area contributed by atoms with Crippen molar-refractivity contribution in [2.24, 2.45) is 11.7 Å². The molecule has 0 aliphatic carbocycles. The zero-order valence-corrected chi connectivity index (χ0v) is 24.9. The lowest BCUT2D eigenvalue weighted by Crippen LogP contribution is -2.61. The fourth-order valence-corrected chi connectivity index (χ4v) is 5.68. The highest BCUT2D eigenvalue weighted by atomic mass is 19.1. The van der Waals surface area contributed by atoms with Gasteiger partial charge in [0.05, 0.1) is 31.7 Å². The van der Waals surface area contributed by atoms with E-state index in [4.69, 9.17) is 15.2 Å². The molecule has 242 valence electrons. The minimum atomic E-state index is -1.73. The molecular formula is C34H35FN2O9. The number of hydrogen-bond donors (Lipinski definition) is 5. The molecule has 0 bridgehead atoms. The molecule has 0 saturated carbocycles. The number of ether oxygens (including phenoxy) is 3. The number of benzene rings is 3. The van der Waals surface area contributed by atoms with E-state index in [1.165, 1.54) is 24.3 Å². The first-order valence-electron chi connectivity index (χ1n) is 14.7. The molecule has 0 aromatic heterocycles. The monoisotopic (exact) mass is 634 g/mol. The van der Waals surface area contributed by atoms with Crippen LogP contribution in [0.5, 0.6) is 5.75 Å². The number of aliphatic hydroxyl groups is 4. The van der Waals surface area contributed by atoms with Crippen molar-refractivity contribution in [1.29, 1.82) is 0 Å². The number of carbonyl (C=O) groups is 2. The fraction of sp³-hybridized carbons (Fsp3) is 0.353. The summed E-state index contributed by atoms with van der Waals surface area (Å²) in [5.41, 5.74) is 8.19. The topological polar surface area (TPSA) is 172 Å². The summed E-state index contributed by atoms with van der Waals surface area (Å²) in [6, 6.07) is 19.0. The summed E-state index contributed by atoms with van der Waals surface area (Å²) in [6.45, 7) is 0.222. The van der Waals surface area contributed by atoms with Crippen molar-refractivity contribution in [3.63, 3.8) is 0 Å². The number of rotatable bonds is 9. The summed E-state index contributed by atoms with van der Waals surface area (Å²) in [4.78, 5) is 27.2. The smallest absolute Gasteiger partial charge is 0.337 e. The Kier molecular flexibility index (Phi) is 10.3. The second-order valence-electron chi connectivity index (χ2n) is 11.1. The van der Waals surface area contributed by atoms with E-state index in [2.05, 4.69) is 16.6 Å². The van der Waals surface area contributed by atoms with E-state index in [9.17, 15) is 34.4 Å². The molecule has 3 aromatic carbocycles. The molecule has 5 rings (SSSR count). The van der Waals surface area contributed by atoms with Gasteiger partial charge in [-0.2, -0.15) is 0 Å². The normalized spacial score (nSPS) is 26.4. The van der Waals surface area contributed by atoms with Gasteiger partial charge in [0.25, 0.3) is 0 Å². The SMILES string of the molecule is COC(=O)[C@H]1O[C@@H](Oc2ccc(C3[C@@H](CC[C@H](O)c4ccc(F)cc4)C(=O)N3c3ccc(C#CCN)cc3)cc2)[C@H](O)[C@@H](O)[C@@H]1O. The van der Waals surface area contributed by atoms with Crippen LogP contribution < -0.4 is 15.4 Å². The van der Waals surface area contributed by atoms with E-state index in [-0.39, 0.29) is 24.6 Å². The van der Waals surface area contributed by atoms with Gasteiger partial charge in [0.2, 0.25) is 12.2 Å². The summed E-state index contributed by atoms with van der Waals surface area (Å²) < 4.78 is 29.1. The van der Waals surface area contributed by atoms with Gasteiger partial charge in [-0.05, 0) is 72.5 Å². The third kappa shape index (κ3) is 6.90. The van der Waals surface area contributed by atoms with Crippen LogP contribution in [-0.2, 0) is 19.1 Å². The molecule has 12 heteroatoms. The van der Waals surface area contributed by atoms with Gasteiger partial charge in [-0.1, -0.05) is 36.1 Å². The molecular weight excluding hydrogens is 599 g/mol. The van der Waals surface area contributed by atoms with Crippen LogP contribution in [0.2, 0.25) is 0 Å². The molecule has 2 heterocycles. The Hall–Kier alpha value is -4.35. The molecule has 0 spiro atoms. The molecule has 2 saturated heterocycles. The van der Waals surface area contributed by atoms with E-state index in [1.54, 1.807) is 53.4 Å². The van der Waals surface area contributed by atoms with E-state index >= 15 is 0 Å². The number of anilines is 1. The van der Waals surface area contributed by atoms with E-state index in [0.29, 0.717) is 17.7 Å². The van der Waals surface area contributed by atoms with Gasteiger partial charge in [-0.3, -0.25) is 4.79 Å². The highest BCUT2D eigenvalue weighted by Crippen LogP contribution is 2.46. The Bertz CT molecular complexity index is 1570. The standard InChI is InChI=1S/C34H35FN2O9/c1-44-33(43)31-29(40)28(39)30(41)34(46-31)45-24-14-8-21(9-15-24)27-25(16-17-26(38)20-6-10-22(35)11-7-20)32(42)37(27)23-12-4-19(5-13-23)3-2-18-36/h4-15,25-31,34,38-41H,16-18,36H2,1H3/t25-,26+,27?,28+,29+,30-,31+,34-/m1/s1. The first kappa shape index (κ1) is 33.0. The lowest BCUT2D eigenvalue weighted by molar-refractivity contribution is -0.271. The van der Waals surface area contributed by atoms with E-state index in [0.717, 1.165) is 18.2 Å². The quantitative estimate of drug-likeness (QED) is 0.133. The van der Waals surface area contributed by atoms with Gasteiger partial charge < -0.3 is 45.3 Å². The molecule has 46 heavy (non-hydrogen) atoms. The van der Waals surface area contributed by atoms with Crippen molar-refractivity contribution in [1.82, 2.24) is 0 Å². The van der Waals surface area contributed by atoms with Gasteiger partial charge in [0, 0.05) is 11.3 Å². The zero-order valence-electron chi connectivity index (χ0n) is 24.9. The fourth-order valence-electron chi connectivity index (χ4n) is 5.68. The van der Waals surface area contributed by atoms with Crippen molar-refractivity contribution in [2.45, 2.75) is 55.7 Å². The van der Waals surface area contributed by atoms with Crippen molar-refractivity contribution in [2.75, 3.05) is 18.6 Å². The summed E-state index contributed by atoms with van der Waals surface area (Å²) in [7, 11) is 1.10. The predicted octanol–water partition coefficient (Wildman–Crippen LogP) is 1.71. The van der Waals surface area contributed by atoms with Crippen LogP contribution in [0.25, 0.3) is 0 Å². The molecule has 0 radical (unpaired) electrons. The molecule has 2 aliphatic rings. The predicted molar refractivity (Wildman–Crippen MR) is 162 cm³/mol. The number of nitrogens with zero attached hydrogens (tertiary/aromatic N) is 1. The van der Waals surface area contributed by atoms with Crippen LogP contribution in [0.15, 0.2) is 72.8 Å². The Morgan fingerprint density at radius 3 is 2.30 bits per heavy atom. The van der Waals surface area contributed by atoms with Crippen molar-refractivity contribution >= 4 is 17.6 Å². The molecule has 1 unspecified atom stereocenters. The van der Waals surface area contributed by atoms with Crippen molar-refractivity contribution in [3.05, 3.63) is 95.3 Å². The van der Waals surface area contributed by atoms with Gasteiger partial charge in [-0.15, -0.1) is 0 Å². The van der Waals surface area contributed by atoms with E-state index in [1.807, 2.05) is 0 Å². The molecule has 8 atom stereocenters. The van der Waals surface area contributed by atoms with Crippen LogP contribution >= 0.6 is 0 Å². The lowest BCUT2D eigenvalue weighted by Gasteiger charge is -2.48. The Morgan fingerprint density at radius 1 is 1.00 bits per heavy atom. The number of methoxy groups -OCH3 is 1. The maximum absolute atomic E-state index is 13.5. The third-order valence-electron chi connectivity index (χ3n) is 8.18. The molecule has 3 aromatic rings.